The van der Waals surface area contributed by atoms with E-state index in [1.807, 2.05) is 30.1 Å². The molecule has 0 spiro atoms. The van der Waals surface area contributed by atoms with E-state index >= 15 is 0 Å². The van der Waals surface area contributed by atoms with Crippen LogP contribution in [0, 0.1) is 12.8 Å². The summed E-state index contributed by atoms with van der Waals surface area (Å²) in [5.74, 6) is 0.609. The lowest BCUT2D eigenvalue weighted by molar-refractivity contribution is -0.138. The number of thiocarbonyl (C=S) groups is 1. The van der Waals surface area contributed by atoms with Crippen molar-refractivity contribution >= 4 is 34.1 Å². The highest BCUT2D eigenvalue weighted by Crippen LogP contribution is 2.23. The van der Waals surface area contributed by atoms with Crippen LogP contribution >= 0.6 is 12.2 Å². The SMILES string of the molecule is Cc1[nH]c2ccccc2c1CC(=O)N1CCCN1C(=S)NCC(C)C. The number of rotatable bonds is 4. The monoisotopic (exact) mass is 358 g/mol. The molecule has 1 amide bonds. The molecule has 1 saturated heterocycles. The summed E-state index contributed by atoms with van der Waals surface area (Å²) in [6, 6.07) is 8.13. The second kappa shape index (κ2) is 7.44. The lowest BCUT2D eigenvalue weighted by Crippen LogP contribution is -2.50. The van der Waals surface area contributed by atoms with E-state index in [4.69, 9.17) is 12.2 Å². The number of H-pyrrole nitrogens is 1. The second-order valence-corrected chi connectivity index (χ2v) is 7.41. The number of nitrogens with zero attached hydrogens (tertiary/aromatic N) is 2. The average molecular weight is 359 g/mol. The smallest absolute Gasteiger partial charge is 0.245 e. The predicted molar refractivity (Wildman–Crippen MR) is 105 cm³/mol. The van der Waals surface area contributed by atoms with E-state index in [0.717, 1.165) is 48.2 Å². The highest BCUT2D eigenvalue weighted by molar-refractivity contribution is 7.80. The van der Waals surface area contributed by atoms with Crippen molar-refractivity contribution in [2.24, 2.45) is 5.92 Å². The van der Waals surface area contributed by atoms with Gasteiger partial charge in [0.1, 0.15) is 0 Å². The van der Waals surface area contributed by atoms with Crippen molar-refractivity contribution in [3.05, 3.63) is 35.5 Å². The van der Waals surface area contributed by atoms with E-state index in [1.165, 1.54) is 0 Å². The van der Waals surface area contributed by atoms with Gasteiger partial charge in [-0.15, -0.1) is 0 Å². The van der Waals surface area contributed by atoms with Crippen LogP contribution < -0.4 is 5.32 Å². The van der Waals surface area contributed by atoms with Crippen LogP contribution in [0.15, 0.2) is 24.3 Å². The number of para-hydroxylation sites is 1. The molecule has 0 aliphatic carbocycles. The van der Waals surface area contributed by atoms with Crippen molar-refractivity contribution < 1.29 is 4.79 Å². The zero-order valence-corrected chi connectivity index (χ0v) is 15.9. The third-order valence-corrected chi connectivity index (χ3v) is 4.93. The van der Waals surface area contributed by atoms with Crippen LogP contribution in [0.4, 0.5) is 0 Å². The molecule has 2 N–H and O–H groups in total. The largest absolute Gasteiger partial charge is 0.361 e. The van der Waals surface area contributed by atoms with Crippen LogP contribution in [0.3, 0.4) is 0 Å². The van der Waals surface area contributed by atoms with Crippen LogP contribution in [-0.2, 0) is 11.2 Å². The molecule has 3 rings (SSSR count). The molecule has 1 aromatic carbocycles. The summed E-state index contributed by atoms with van der Waals surface area (Å²) in [6.45, 7) is 8.65. The van der Waals surface area contributed by atoms with Gasteiger partial charge in [-0.05, 0) is 43.1 Å². The Morgan fingerprint density at radius 3 is 2.76 bits per heavy atom. The zero-order valence-electron chi connectivity index (χ0n) is 15.1. The van der Waals surface area contributed by atoms with Crippen LogP contribution in [0.5, 0.6) is 0 Å². The number of nitrogens with one attached hydrogen (secondary N) is 2. The molecule has 25 heavy (non-hydrogen) atoms. The number of carbonyl (C=O) groups is 1. The third kappa shape index (κ3) is 3.79. The Bertz CT molecular complexity index is 783. The fourth-order valence-corrected chi connectivity index (χ4v) is 3.54. The van der Waals surface area contributed by atoms with Gasteiger partial charge in [-0.1, -0.05) is 32.0 Å². The van der Waals surface area contributed by atoms with E-state index in [-0.39, 0.29) is 5.91 Å². The first-order chi connectivity index (χ1) is 12.0. The van der Waals surface area contributed by atoms with Gasteiger partial charge in [0, 0.05) is 36.2 Å². The number of aromatic amines is 1. The molecule has 1 aromatic heterocycles. The van der Waals surface area contributed by atoms with Crippen LogP contribution in [0.1, 0.15) is 31.5 Å². The van der Waals surface area contributed by atoms with E-state index in [1.54, 1.807) is 5.01 Å². The summed E-state index contributed by atoms with van der Waals surface area (Å²) in [6.07, 6.45) is 1.33. The highest BCUT2D eigenvalue weighted by atomic mass is 32.1. The van der Waals surface area contributed by atoms with Crippen molar-refractivity contribution in [3.8, 4) is 0 Å². The van der Waals surface area contributed by atoms with Gasteiger partial charge in [0.15, 0.2) is 5.11 Å². The summed E-state index contributed by atoms with van der Waals surface area (Å²) < 4.78 is 0. The van der Waals surface area contributed by atoms with Gasteiger partial charge in [-0.25, -0.2) is 0 Å². The van der Waals surface area contributed by atoms with Gasteiger partial charge in [-0.3, -0.25) is 14.8 Å². The molecule has 0 bridgehead atoms. The molecule has 0 radical (unpaired) electrons. The Morgan fingerprint density at radius 1 is 1.28 bits per heavy atom. The maximum Gasteiger partial charge on any atom is 0.245 e. The molecule has 1 aliphatic heterocycles. The molecule has 0 atom stereocenters. The van der Waals surface area contributed by atoms with E-state index in [2.05, 4.69) is 30.2 Å². The minimum atomic E-state index is 0.0963. The number of hydrogen-bond acceptors (Lipinski definition) is 2. The molecule has 1 aliphatic rings. The van der Waals surface area contributed by atoms with Crippen molar-refractivity contribution in [1.29, 1.82) is 0 Å². The molecular formula is C19H26N4OS. The fourth-order valence-electron chi connectivity index (χ4n) is 3.27. The fraction of sp³-hybridized carbons (Fsp3) is 0.474. The maximum absolute atomic E-state index is 12.9. The number of hydrazine groups is 1. The van der Waals surface area contributed by atoms with E-state index < -0.39 is 0 Å². The van der Waals surface area contributed by atoms with Gasteiger partial charge in [0.05, 0.1) is 6.42 Å². The van der Waals surface area contributed by atoms with Crippen LogP contribution in [0.25, 0.3) is 10.9 Å². The number of hydrogen-bond donors (Lipinski definition) is 2. The van der Waals surface area contributed by atoms with Crippen LogP contribution in [-0.4, -0.2) is 45.7 Å². The minimum absolute atomic E-state index is 0.0963. The first-order valence-corrected chi connectivity index (χ1v) is 9.30. The normalized spacial score (nSPS) is 14.6. The molecule has 0 saturated carbocycles. The van der Waals surface area contributed by atoms with Crippen molar-refractivity contribution in [2.75, 3.05) is 19.6 Å². The summed E-state index contributed by atoms with van der Waals surface area (Å²) in [5, 5.41) is 8.76. The number of fused-ring (bicyclic) bond motifs is 1. The van der Waals surface area contributed by atoms with Crippen molar-refractivity contribution in [1.82, 2.24) is 20.3 Å². The topological polar surface area (TPSA) is 51.4 Å². The maximum atomic E-state index is 12.9. The lowest BCUT2D eigenvalue weighted by atomic mass is 10.1. The minimum Gasteiger partial charge on any atom is -0.361 e. The Labute approximate surface area is 154 Å². The second-order valence-electron chi connectivity index (χ2n) is 7.02. The zero-order chi connectivity index (χ0) is 18.0. The molecule has 6 heteroatoms. The quantitative estimate of drug-likeness (QED) is 0.825. The highest BCUT2D eigenvalue weighted by Gasteiger charge is 2.29. The van der Waals surface area contributed by atoms with Crippen molar-refractivity contribution in [3.63, 3.8) is 0 Å². The Hall–Kier alpha value is -2.08. The molecule has 2 heterocycles. The van der Waals surface area contributed by atoms with Crippen LogP contribution in [0.2, 0.25) is 0 Å². The standard InChI is InChI=1S/C19H26N4OS/c1-13(2)12-20-19(25)23-10-6-9-22(23)18(24)11-16-14(3)21-17-8-5-4-7-15(16)17/h4-5,7-8,13,21H,6,9-12H2,1-3H3,(H,20,25). The third-order valence-electron chi connectivity index (χ3n) is 4.57. The summed E-state index contributed by atoms with van der Waals surface area (Å²) >= 11 is 5.49. The molecule has 0 unspecified atom stereocenters. The Kier molecular flexibility index (Phi) is 5.27. The summed E-state index contributed by atoms with van der Waals surface area (Å²) in [7, 11) is 0. The molecule has 1 fully saturated rings. The average Bonchev–Trinajstić information content (AvgIpc) is 3.18. The lowest BCUT2D eigenvalue weighted by Gasteiger charge is -2.30. The molecule has 5 nitrogen and oxygen atoms in total. The Morgan fingerprint density at radius 2 is 2.00 bits per heavy atom. The van der Waals surface area contributed by atoms with Gasteiger partial charge >= 0.3 is 0 Å². The first kappa shape index (κ1) is 17.7. The number of carbonyl (C=O) groups excluding carboxylic acids is 1. The van der Waals surface area contributed by atoms with E-state index in [9.17, 15) is 4.79 Å². The summed E-state index contributed by atoms with van der Waals surface area (Å²) in [4.78, 5) is 16.3. The number of benzene rings is 1. The van der Waals surface area contributed by atoms with E-state index in [0.29, 0.717) is 17.5 Å². The summed E-state index contributed by atoms with van der Waals surface area (Å²) in [5.41, 5.74) is 3.21. The first-order valence-electron chi connectivity index (χ1n) is 8.89. The molecule has 134 valence electrons. The predicted octanol–water partition coefficient (Wildman–Crippen LogP) is 3.00. The number of aryl methyl sites for hydroxylation is 1. The van der Waals surface area contributed by atoms with Gasteiger partial charge in [-0.2, -0.15) is 0 Å². The molecule has 2 aromatic rings. The molecular weight excluding hydrogens is 332 g/mol. The Balaban J connectivity index is 1.73. The number of aromatic nitrogens is 1. The van der Waals surface area contributed by atoms with Gasteiger partial charge in [0.2, 0.25) is 5.91 Å². The number of amides is 1. The van der Waals surface area contributed by atoms with Gasteiger partial charge < -0.3 is 10.3 Å². The van der Waals surface area contributed by atoms with Gasteiger partial charge in [0.25, 0.3) is 0 Å². The van der Waals surface area contributed by atoms with Crippen molar-refractivity contribution in [2.45, 2.75) is 33.6 Å².